The third kappa shape index (κ3) is 9.77. The van der Waals surface area contributed by atoms with Crippen molar-refractivity contribution >= 4 is 29.7 Å². The predicted octanol–water partition coefficient (Wildman–Crippen LogP) is -0.170. The minimum absolute atomic E-state index is 0.0824. The molecule has 6 atom stereocenters. The van der Waals surface area contributed by atoms with Crippen molar-refractivity contribution in [3.63, 3.8) is 0 Å². The maximum atomic E-state index is 13.0. The molecule has 0 aromatic carbocycles. The lowest BCUT2D eigenvalue weighted by molar-refractivity contribution is -0.142. The number of carbonyl (C=O) groups is 5. The number of rotatable bonds is 14. The molecule has 0 aliphatic heterocycles. The van der Waals surface area contributed by atoms with Gasteiger partial charge in [-0.1, -0.05) is 40.5 Å². The summed E-state index contributed by atoms with van der Waals surface area (Å²) >= 11 is 0. The van der Waals surface area contributed by atoms with Gasteiger partial charge in [0.05, 0.1) is 6.04 Å². The van der Waals surface area contributed by atoms with Gasteiger partial charge in [-0.25, -0.2) is 0 Å². The van der Waals surface area contributed by atoms with Crippen molar-refractivity contribution in [1.29, 1.82) is 0 Å². The van der Waals surface area contributed by atoms with Crippen LogP contribution in [-0.2, 0) is 24.0 Å². The molecule has 7 N–H and O–H groups in total. The van der Waals surface area contributed by atoms with Gasteiger partial charge >= 0.3 is 11.9 Å². The van der Waals surface area contributed by atoms with E-state index in [0.717, 1.165) is 0 Å². The summed E-state index contributed by atoms with van der Waals surface area (Å²) in [6, 6.07) is -4.22. The summed E-state index contributed by atoms with van der Waals surface area (Å²) in [6.45, 7) is 8.46. The second-order valence-corrected chi connectivity index (χ2v) is 7.85. The molecule has 0 bridgehead atoms. The third-order valence-electron chi connectivity index (χ3n) is 5.32. The van der Waals surface area contributed by atoms with Crippen LogP contribution in [-0.4, -0.2) is 64.0 Å². The molecule has 0 aliphatic rings. The van der Waals surface area contributed by atoms with Crippen LogP contribution in [0.3, 0.4) is 0 Å². The fourth-order valence-corrected chi connectivity index (χ4v) is 2.68. The number of hydrogen-bond acceptors (Lipinski definition) is 6. The summed E-state index contributed by atoms with van der Waals surface area (Å²) in [5, 5.41) is 25.3. The van der Waals surface area contributed by atoms with Gasteiger partial charge in [0.15, 0.2) is 0 Å². The SMILES string of the molecule is CCC(C)C(NC(=O)C(N)CCC(=O)O)C(=O)NC(C(=O)NC(C)C(=O)O)C(C)CC. The van der Waals surface area contributed by atoms with Crippen molar-refractivity contribution in [3.05, 3.63) is 0 Å². The molecule has 0 aromatic heterocycles. The van der Waals surface area contributed by atoms with Gasteiger partial charge in [-0.2, -0.15) is 0 Å². The standard InChI is InChI=1S/C20H36N4O7/c1-6-10(3)15(18(28)22-12(5)20(30)31)24-19(29)16(11(4)7-2)23-17(27)13(21)8-9-14(25)26/h10-13,15-16H,6-9,21H2,1-5H3,(H,22,28)(H,23,27)(H,24,29)(H,25,26)(H,30,31). The Morgan fingerprint density at radius 2 is 1.19 bits per heavy atom. The van der Waals surface area contributed by atoms with E-state index in [-0.39, 0.29) is 24.7 Å². The van der Waals surface area contributed by atoms with Crippen molar-refractivity contribution in [2.24, 2.45) is 17.6 Å². The molecule has 0 fully saturated rings. The molecule has 0 rings (SSSR count). The van der Waals surface area contributed by atoms with Crippen LogP contribution in [0.5, 0.6) is 0 Å². The zero-order valence-corrected chi connectivity index (χ0v) is 18.8. The molecule has 3 amide bonds. The first-order valence-corrected chi connectivity index (χ1v) is 10.5. The Bertz CT molecular complexity index is 655. The fraction of sp³-hybridized carbons (Fsp3) is 0.750. The Morgan fingerprint density at radius 3 is 1.58 bits per heavy atom. The lowest BCUT2D eigenvalue weighted by Crippen LogP contribution is -2.59. The van der Waals surface area contributed by atoms with E-state index < -0.39 is 53.8 Å². The van der Waals surface area contributed by atoms with E-state index in [1.807, 2.05) is 13.8 Å². The molecule has 0 saturated carbocycles. The monoisotopic (exact) mass is 444 g/mol. The van der Waals surface area contributed by atoms with Crippen molar-refractivity contribution < 1.29 is 34.2 Å². The van der Waals surface area contributed by atoms with E-state index in [4.69, 9.17) is 15.9 Å². The van der Waals surface area contributed by atoms with Gasteiger partial charge in [0.1, 0.15) is 18.1 Å². The molecule has 11 nitrogen and oxygen atoms in total. The van der Waals surface area contributed by atoms with E-state index in [2.05, 4.69) is 16.0 Å². The Morgan fingerprint density at radius 1 is 0.774 bits per heavy atom. The van der Waals surface area contributed by atoms with Gasteiger partial charge in [-0.15, -0.1) is 0 Å². The Kier molecular flexibility index (Phi) is 12.4. The van der Waals surface area contributed by atoms with Gasteiger partial charge in [0.25, 0.3) is 0 Å². The molecule has 0 heterocycles. The maximum Gasteiger partial charge on any atom is 0.325 e. The van der Waals surface area contributed by atoms with Crippen LogP contribution >= 0.6 is 0 Å². The Labute approximate surface area is 182 Å². The van der Waals surface area contributed by atoms with E-state index >= 15 is 0 Å². The zero-order valence-electron chi connectivity index (χ0n) is 18.8. The van der Waals surface area contributed by atoms with Gasteiger partial charge in [0.2, 0.25) is 17.7 Å². The van der Waals surface area contributed by atoms with E-state index in [1.54, 1.807) is 13.8 Å². The summed E-state index contributed by atoms with van der Waals surface area (Å²) in [5.74, 6) is -4.78. The average molecular weight is 445 g/mol. The molecular weight excluding hydrogens is 408 g/mol. The summed E-state index contributed by atoms with van der Waals surface area (Å²) in [4.78, 5) is 59.6. The van der Waals surface area contributed by atoms with Crippen LogP contribution in [0, 0.1) is 11.8 Å². The lowest BCUT2D eigenvalue weighted by atomic mass is 9.94. The maximum absolute atomic E-state index is 13.0. The third-order valence-corrected chi connectivity index (χ3v) is 5.32. The van der Waals surface area contributed by atoms with Crippen molar-refractivity contribution in [2.45, 2.75) is 84.5 Å². The van der Waals surface area contributed by atoms with E-state index in [9.17, 15) is 24.0 Å². The minimum atomic E-state index is -1.21. The zero-order chi connectivity index (χ0) is 24.3. The highest BCUT2D eigenvalue weighted by atomic mass is 16.4. The predicted molar refractivity (Wildman–Crippen MR) is 113 cm³/mol. The summed E-state index contributed by atoms with van der Waals surface area (Å²) in [6.07, 6.45) is 0.715. The largest absolute Gasteiger partial charge is 0.481 e. The van der Waals surface area contributed by atoms with Crippen LogP contribution in [0.1, 0.15) is 60.3 Å². The summed E-state index contributed by atoms with van der Waals surface area (Å²) in [7, 11) is 0. The Hall–Kier alpha value is -2.69. The molecule has 178 valence electrons. The highest BCUT2D eigenvalue weighted by Gasteiger charge is 2.33. The first-order chi connectivity index (χ1) is 14.3. The number of hydrogen-bond donors (Lipinski definition) is 6. The first kappa shape index (κ1) is 28.3. The molecule has 0 saturated heterocycles. The number of nitrogens with two attached hydrogens (primary N) is 1. The van der Waals surface area contributed by atoms with E-state index in [0.29, 0.717) is 12.8 Å². The summed E-state index contributed by atoms with van der Waals surface area (Å²) < 4.78 is 0. The first-order valence-electron chi connectivity index (χ1n) is 10.5. The van der Waals surface area contributed by atoms with Crippen LogP contribution < -0.4 is 21.7 Å². The fourth-order valence-electron chi connectivity index (χ4n) is 2.68. The van der Waals surface area contributed by atoms with Gasteiger partial charge in [-0.05, 0) is 25.2 Å². The van der Waals surface area contributed by atoms with Crippen molar-refractivity contribution in [2.75, 3.05) is 0 Å². The number of amides is 3. The summed E-state index contributed by atoms with van der Waals surface area (Å²) in [5.41, 5.74) is 5.73. The smallest absolute Gasteiger partial charge is 0.325 e. The second-order valence-electron chi connectivity index (χ2n) is 7.85. The van der Waals surface area contributed by atoms with Crippen LogP contribution in [0.4, 0.5) is 0 Å². The van der Waals surface area contributed by atoms with Crippen LogP contribution in [0.25, 0.3) is 0 Å². The molecule has 0 aromatic rings. The van der Waals surface area contributed by atoms with Crippen LogP contribution in [0.2, 0.25) is 0 Å². The van der Waals surface area contributed by atoms with Gasteiger partial charge in [0, 0.05) is 6.42 Å². The van der Waals surface area contributed by atoms with Crippen molar-refractivity contribution in [1.82, 2.24) is 16.0 Å². The molecule has 0 aliphatic carbocycles. The minimum Gasteiger partial charge on any atom is -0.481 e. The highest BCUT2D eigenvalue weighted by molar-refractivity contribution is 5.94. The number of aliphatic carboxylic acids is 2. The topological polar surface area (TPSA) is 188 Å². The van der Waals surface area contributed by atoms with Gasteiger partial charge in [-0.3, -0.25) is 24.0 Å². The highest BCUT2D eigenvalue weighted by Crippen LogP contribution is 2.13. The second kappa shape index (κ2) is 13.6. The Balaban J connectivity index is 5.43. The van der Waals surface area contributed by atoms with Crippen molar-refractivity contribution in [3.8, 4) is 0 Å². The normalized spacial score (nSPS) is 16.7. The number of carboxylic acid groups (broad SMARTS) is 2. The van der Waals surface area contributed by atoms with E-state index in [1.165, 1.54) is 6.92 Å². The molecule has 11 heteroatoms. The molecule has 6 unspecified atom stereocenters. The quantitative estimate of drug-likeness (QED) is 0.213. The number of carboxylic acids is 2. The molecule has 0 spiro atoms. The average Bonchev–Trinajstić information content (AvgIpc) is 2.71. The molecular formula is C20H36N4O7. The lowest BCUT2D eigenvalue weighted by Gasteiger charge is -2.29. The number of nitrogens with one attached hydrogen (secondary N) is 3. The molecule has 0 radical (unpaired) electrons. The van der Waals surface area contributed by atoms with Gasteiger partial charge < -0.3 is 31.9 Å². The molecule has 31 heavy (non-hydrogen) atoms. The van der Waals surface area contributed by atoms with Crippen LogP contribution in [0.15, 0.2) is 0 Å². The number of carbonyl (C=O) groups excluding carboxylic acids is 3.